The number of benzene rings is 8. The van der Waals surface area contributed by atoms with Crippen LogP contribution < -0.4 is 4.90 Å². The molecule has 0 aliphatic heterocycles. The zero-order chi connectivity index (χ0) is 33.0. The van der Waals surface area contributed by atoms with Gasteiger partial charge in [0.05, 0.1) is 0 Å². The predicted molar refractivity (Wildman–Crippen MR) is 215 cm³/mol. The van der Waals surface area contributed by atoms with Crippen LogP contribution in [0.1, 0.15) is 0 Å². The van der Waals surface area contributed by atoms with Gasteiger partial charge in [-0.25, -0.2) is 4.98 Å². The Labute approximate surface area is 294 Å². The molecule has 50 heavy (non-hydrogen) atoms. The Morgan fingerprint density at radius 3 is 1.36 bits per heavy atom. The fourth-order valence-electron chi connectivity index (χ4n) is 7.21. The van der Waals surface area contributed by atoms with Crippen LogP contribution in [0.4, 0.5) is 17.2 Å². The highest BCUT2D eigenvalue weighted by Crippen LogP contribution is 2.41. The van der Waals surface area contributed by atoms with E-state index in [2.05, 4.69) is 187 Å². The van der Waals surface area contributed by atoms with Gasteiger partial charge in [0.1, 0.15) is 10.6 Å². The molecule has 0 fully saturated rings. The SMILES string of the molecule is c1ccc2cc(-c3ccc(N(c4ccc(-c5ccc6ccccc6c5)cc4)c4ccc5c(n4)sc4cc6ccccc6cc45)cc3)ccc2c1. The Kier molecular flexibility index (Phi) is 6.71. The zero-order valence-corrected chi connectivity index (χ0v) is 27.9. The molecule has 0 bridgehead atoms. The summed E-state index contributed by atoms with van der Waals surface area (Å²) in [6.45, 7) is 0. The van der Waals surface area contributed by atoms with E-state index in [0.717, 1.165) is 22.0 Å². The van der Waals surface area contributed by atoms with Crippen LogP contribution in [-0.2, 0) is 0 Å². The highest BCUT2D eigenvalue weighted by Gasteiger charge is 2.17. The van der Waals surface area contributed by atoms with Crippen LogP contribution in [0.15, 0.2) is 182 Å². The van der Waals surface area contributed by atoms with Crippen molar-refractivity contribution in [1.82, 2.24) is 4.98 Å². The molecule has 2 heterocycles. The summed E-state index contributed by atoms with van der Waals surface area (Å²) in [7, 11) is 0. The van der Waals surface area contributed by atoms with Crippen molar-refractivity contribution in [2.45, 2.75) is 0 Å². The highest BCUT2D eigenvalue weighted by atomic mass is 32.1. The van der Waals surface area contributed by atoms with Crippen LogP contribution in [0.3, 0.4) is 0 Å². The van der Waals surface area contributed by atoms with Crippen LogP contribution in [0.25, 0.3) is 74.9 Å². The van der Waals surface area contributed by atoms with Gasteiger partial charge in [-0.2, -0.15) is 0 Å². The first-order valence-electron chi connectivity index (χ1n) is 16.9. The van der Waals surface area contributed by atoms with E-state index in [9.17, 15) is 0 Å². The second-order valence-corrected chi connectivity index (χ2v) is 13.9. The van der Waals surface area contributed by atoms with Gasteiger partial charge in [0.25, 0.3) is 0 Å². The lowest BCUT2D eigenvalue weighted by molar-refractivity contribution is 1.21. The summed E-state index contributed by atoms with van der Waals surface area (Å²) in [5.74, 6) is 0.894. The van der Waals surface area contributed by atoms with Crippen molar-refractivity contribution in [3.8, 4) is 22.3 Å². The number of anilines is 3. The topological polar surface area (TPSA) is 16.1 Å². The molecule has 10 aromatic rings. The van der Waals surface area contributed by atoms with Gasteiger partial charge in [-0.15, -0.1) is 11.3 Å². The number of pyridine rings is 1. The van der Waals surface area contributed by atoms with Crippen LogP contribution in [0, 0.1) is 0 Å². The first kappa shape index (κ1) is 28.7. The van der Waals surface area contributed by atoms with Crippen molar-refractivity contribution in [3.05, 3.63) is 182 Å². The van der Waals surface area contributed by atoms with Gasteiger partial charge in [-0.1, -0.05) is 121 Å². The second-order valence-electron chi connectivity index (χ2n) is 12.9. The van der Waals surface area contributed by atoms with Crippen molar-refractivity contribution in [2.75, 3.05) is 4.90 Å². The average Bonchev–Trinajstić information content (AvgIpc) is 3.53. The molecular weight excluding hydrogens is 625 g/mol. The number of hydrogen-bond donors (Lipinski definition) is 0. The minimum absolute atomic E-state index is 0.894. The molecule has 0 atom stereocenters. The highest BCUT2D eigenvalue weighted by molar-refractivity contribution is 7.25. The van der Waals surface area contributed by atoms with E-state index in [0.29, 0.717) is 0 Å². The summed E-state index contributed by atoms with van der Waals surface area (Å²) in [5, 5.41) is 9.96. The minimum atomic E-state index is 0.894. The maximum atomic E-state index is 5.33. The molecule has 2 nitrogen and oxygen atoms in total. The first-order valence-corrected chi connectivity index (χ1v) is 17.8. The Bertz CT molecular complexity index is 2750. The van der Waals surface area contributed by atoms with E-state index in [-0.39, 0.29) is 0 Å². The summed E-state index contributed by atoms with van der Waals surface area (Å²) in [6.07, 6.45) is 0. The van der Waals surface area contributed by atoms with Crippen LogP contribution >= 0.6 is 11.3 Å². The summed E-state index contributed by atoms with van der Waals surface area (Å²) in [5.41, 5.74) is 6.91. The summed E-state index contributed by atoms with van der Waals surface area (Å²) in [4.78, 5) is 8.64. The third-order valence-corrected chi connectivity index (χ3v) is 10.9. The van der Waals surface area contributed by atoms with Gasteiger partial charge < -0.3 is 0 Å². The fourth-order valence-corrected chi connectivity index (χ4v) is 8.31. The molecule has 0 amide bonds. The maximum absolute atomic E-state index is 5.33. The van der Waals surface area contributed by atoms with Gasteiger partial charge in [-0.3, -0.25) is 4.90 Å². The standard InChI is InChI=1S/C47H30N2S/c1-3-9-35-27-39(15-13-31(35)7-1)33-17-21-41(22-18-33)49(42-23-19-34(20-24-42)40-16-14-32-8-2-4-10-36(32)28-40)46-26-25-43-44-29-37-11-5-6-12-38(37)30-45(44)50-47(43)48-46/h1-30H. The van der Waals surface area contributed by atoms with Gasteiger partial charge in [0.15, 0.2) is 0 Å². The number of thiophene rings is 1. The number of aromatic nitrogens is 1. The molecular formula is C47H30N2S. The number of nitrogens with zero attached hydrogens (tertiary/aromatic N) is 2. The second kappa shape index (κ2) is 11.7. The van der Waals surface area contributed by atoms with Gasteiger partial charge in [0, 0.05) is 26.8 Å². The van der Waals surface area contributed by atoms with E-state index in [1.807, 2.05) is 0 Å². The van der Waals surface area contributed by atoms with Crippen molar-refractivity contribution in [1.29, 1.82) is 0 Å². The molecule has 234 valence electrons. The van der Waals surface area contributed by atoms with E-state index in [4.69, 9.17) is 4.98 Å². The van der Waals surface area contributed by atoms with Crippen LogP contribution in [0.5, 0.6) is 0 Å². The summed E-state index contributed by atoms with van der Waals surface area (Å²) >= 11 is 1.76. The van der Waals surface area contributed by atoms with Crippen LogP contribution in [0.2, 0.25) is 0 Å². The molecule has 3 heteroatoms. The normalized spacial score (nSPS) is 11.6. The van der Waals surface area contributed by atoms with E-state index >= 15 is 0 Å². The monoisotopic (exact) mass is 654 g/mol. The third-order valence-electron chi connectivity index (χ3n) is 9.84. The smallest absolute Gasteiger partial charge is 0.139 e. The third kappa shape index (κ3) is 4.99. The minimum Gasteiger partial charge on any atom is -0.295 e. The number of fused-ring (bicyclic) bond motifs is 6. The Morgan fingerprint density at radius 1 is 0.360 bits per heavy atom. The first-order chi connectivity index (χ1) is 24.7. The number of hydrogen-bond acceptors (Lipinski definition) is 3. The molecule has 8 aromatic carbocycles. The van der Waals surface area contributed by atoms with Crippen LogP contribution in [-0.4, -0.2) is 4.98 Å². The number of rotatable bonds is 5. The molecule has 0 N–H and O–H groups in total. The molecule has 10 rings (SSSR count). The lowest BCUT2D eigenvalue weighted by Gasteiger charge is -2.25. The molecule has 0 aliphatic carbocycles. The van der Waals surface area contributed by atoms with Crippen molar-refractivity contribution < 1.29 is 0 Å². The lowest BCUT2D eigenvalue weighted by Crippen LogP contribution is -2.11. The molecule has 0 saturated heterocycles. The molecule has 0 unspecified atom stereocenters. The van der Waals surface area contributed by atoms with Crippen molar-refractivity contribution in [3.63, 3.8) is 0 Å². The zero-order valence-electron chi connectivity index (χ0n) is 27.1. The van der Waals surface area contributed by atoms with E-state index < -0.39 is 0 Å². The molecule has 0 saturated carbocycles. The molecule has 0 aliphatic rings. The fraction of sp³-hybridized carbons (Fsp3) is 0. The Balaban J connectivity index is 1.08. The quantitative estimate of drug-likeness (QED) is 0.184. The van der Waals surface area contributed by atoms with Gasteiger partial charge in [0.2, 0.25) is 0 Å². The van der Waals surface area contributed by atoms with E-state index in [1.165, 1.54) is 70.0 Å². The van der Waals surface area contributed by atoms with Gasteiger partial charge >= 0.3 is 0 Å². The van der Waals surface area contributed by atoms with Crippen molar-refractivity contribution in [2.24, 2.45) is 0 Å². The summed E-state index contributed by atoms with van der Waals surface area (Å²) < 4.78 is 1.26. The van der Waals surface area contributed by atoms with Crippen molar-refractivity contribution >= 4 is 81.1 Å². The predicted octanol–water partition coefficient (Wildman–Crippen LogP) is 13.7. The van der Waals surface area contributed by atoms with Gasteiger partial charge in [-0.05, 0) is 115 Å². The Morgan fingerprint density at radius 2 is 0.820 bits per heavy atom. The molecule has 0 radical (unpaired) electrons. The summed E-state index contributed by atoms with van der Waals surface area (Å²) in [6, 6.07) is 65.7. The Hall–Kier alpha value is -6.29. The van der Waals surface area contributed by atoms with E-state index in [1.54, 1.807) is 11.3 Å². The average molecular weight is 655 g/mol. The molecule has 0 spiro atoms. The maximum Gasteiger partial charge on any atom is 0.139 e. The molecule has 2 aromatic heterocycles. The largest absolute Gasteiger partial charge is 0.295 e. The lowest BCUT2D eigenvalue weighted by atomic mass is 10.0.